The van der Waals surface area contributed by atoms with Crippen LogP contribution in [0.2, 0.25) is 0 Å². The van der Waals surface area contributed by atoms with E-state index in [0.717, 1.165) is 42.8 Å². The molecule has 2 aromatic rings. The quantitative estimate of drug-likeness (QED) is 0.841. The summed E-state index contributed by atoms with van der Waals surface area (Å²) in [7, 11) is 0. The molecule has 19 heavy (non-hydrogen) atoms. The summed E-state index contributed by atoms with van der Waals surface area (Å²) >= 11 is 0. The fourth-order valence-corrected chi connectivity index (χ4v) is 2.46. The Bertz CT molecular complexity index is 589. The van der Waals surface area contributed by atoms with E-state index in [1.54, 1.807) is 6.33 Å². The number of carbonyl (C=O) groups is 1. The number of amides is 1. The molecular weight excluding hydrogens is 246 g/mol. The van der Waals surface area contributed by atoms with Crippen LogP contribution in [-0.4, -0.2) is 40.2 Å². The van der Waals surface area contributed by atoms with Crippen LogP contribution < -0.4 is 10.6 Å². The van der Waals surface area contributed by atoms with Gasteiger partial charge in [0.05, 0.1) is 5.39 Å². The Morgan fingerprint density at radius 3 is 2.95 bits per heavy atom. The second-order valence-electron chi connectivity index (χ2n) is 4.56. The number of nitrogens with zero attached hydrogens (tertiary/aromatic N) is 3. The van der Waals surface area contributed by atoms with Gasteiger partial charge in [0.2, 0.25) is 0 Å². The van der Waals surface area contributed by atoms with E-state index in [1.165, 1.54) is 0 Å². The van der Waals surface area contributed by atoms with Crippen molar-refractivity contribution in [2.24, 2.45) is 5.73 Å². The highest BCUT2D eigenvalue weighted by molar-refractivity contribution is 5.87. The molecule has 1 fully saturated rings. The molecule has 1 aliphatic rings. The number of aromatic nitrogens is 3. The predicted molar refractivity (Wildman–Crippen MR) is 69.8 cm³/mol. The van der Waals surface area contributed by atoms with Crippen molar-refractivity contribution in [2.45, 2.75) is 18.9 Å². The number of hydrogen-bond acceptors (Lipinski definition) is 5. The summed E-state index contributed by atoms with van der Waals surface area (Å²) in [5, 5.41) is 1.01. The third-order valence-electron chi connectivity index (χ3n) is 3.36. The van der Waals surface area contributed by atoms with E-state index < -0.39 is 6.09 Å². The molecule has 1 amide bonds. The highest BCUT2D eigenvalue weighted by Gasteiger charge is 2.23. The first-order valence-corrected chi connectivity index (χ1v) is 6.23. The highest BCUT2D eigenvalue weighted by atomic mass is 16.6. The first kappa shape index (κ1) is 11.8. The SMILES string of the molecule is NC(=O)OC1CCN(c2ncnc3[nH]ccc23)CC1. The zero-order valence-corrected chi connectivity index (χ0v) is 10.4. The summed E-state index contributed by atoms with van der Waals surface area (Å²) in [6.45, 7) is 1.57. The summed E-state index contributed by atoms with van der Waals surface area (Å²) in [4.78, 5) is 24.5. The number of rotatable bonds is 2. The van der Waals surface area contributed by atoms with Crippen LogP contribution in [0.1, 0.15) is 12.8 Å². The van der Waals surface area contributed by atoms with Gasteiger partial charge >= 0.3 is 6.09 Å². The van der Waals surface area contributed by atoms with E-state index in [4.69, 9.17) is 10.5 Å². The van der Waals surface area contributed by atoms with Gasteiger partial charge in [0.25, 0.3) is 0 Å². The normalized spacial score (nSPS) is 16.7. The number of primary amides is 1. The molecule has 1 saturated heterocycles. The van der Waals surface area contributed by atoms with Crippen molar-refractivity contribution in [1.29, 1.82) is 0 Å². The van der Waals surface area contributed by atoms with Crippen molar-refractivity contribution >= 4 is 22.9 Å². The Kier molecular flexibility index (Phi) is 2.94. The van der Waals surface area contributed by atoms with Gasteiger partial charge in [-0.3, -0.25) is 0 Å². The van der Waals surface area contributed by atoms with Crippen LogP contribution in [0, 0.1) is 0 Å². The van der Waals surface area contributed by atoms with Gasteiger partial charge in [-0.05, 0) is 6.07 Å². The van der Waals surface area contributed by atoms with Crippen molar-refractivity contribution < 1.29 is 9.53 Å². The molecule has 1 aliphatic heterocycles. The van der Waals surface area contributed by atoms with Gasteiger partial charge in [-0.25, -0.2) is 14.8 Å². The number of carbonyl (C=O) groups excluding carboxylic acids is 1. The Balaban J connectivity index is 1.75. The first-order chi connectivity index (χ1) is 9.24. The van der Waals surface area contributed by atoms with Crippen LogP contribution >= 0.6 is 0 Å². The third kappa shape index (κ3) is 2.31. The molecule has 0 aromatic carbocycles. The second-order valence-corrected chi connectivity index (χ2v) is 4.56. The van der Waals surface area contributed by atoms with E-state index in [-0.39, 0.29) is 6.10 Å². The molecule has 3 heterocycles. The molecule has 3 N–H and O–H groups in total. The Morgan fingerprint density at radius 1 is 1.42 bits per heavy atom. The fourth-order valence-electron chi connectivity index (χ4n) is 2.46. The van der Waals surface area contributed by atoms with E-state index in [9.17, 15) is 4.79 Å². The summed E-state index contributed by atoms with van der Waals surface area (Å²) in [6.07, 6.45) is 4.15. The van der Waals surface area contributed by atoms with E-state index >= 15 is 0 Å². The van der Waals surface area contributed by atoms with Crippen LogP contribution in [-0.2, 0) is 4.74 Å². The topological polar surface area (TPSA) is 97.1 Å². The highest BCUT2D eigenvalue weighted by Crippen LogP contribution is 2.25. The molecule has 0 aliphatic carbocycles. The van der Waals surface area contributed by atoms with Crippen LogP contribution in [0.3, 0.4) is 0 Å². The minimum absolute atomic E-state index is 0.0858. The molecule has 0 radical (unpaired) electrons. The number of H-pyrrole nitrogens is 1. The lowest BCUT2D eigenvalue weighted by Crippen LogP contribution is -2.39. The maximum absolute atomic E-state index is 10.7. The van der Waals surface area contributed by atoms with Crippen LogP contribution in [0.25, 0.3) is 11.0 Å². The Morgan fingerprint density at radius 2 is 2.21 bits per heavy atom. The largest absolute Gasteiger partial charge is 0.446 e. The third-order valence-corrected chi connectivity index (χ3v) is 3.36. The number of ether oxygens (including phenoxy) is 1. The molecule has 7 nitrogen and oxygen atoms in total. The number of nitrogens with two attached hydrogens (primary N) is 1. The maximum atomic E-state index is 10.7. The van der Waals surface area contributed by atoms with Crippen molar-refractivity contribution in [3.8, 4) is 0 Å². The second kappa shape index (κ2) is 4.75. The molecule has 0 spiro atoms. The minimum Gasteiger partial charge on any atom is -0.446 e. The van der Waals surface area contributed by atoms with E-state index in [2.05, 4.69) is 19.9 Å². The summed E-state index contributed by atoms with van der Waals surface area (Å²) in [6, 6.07) is 1.97. The van der Waals surface area contributed by atoms with Gasteiger partial charge in [-0.15, -0.1) is 0 Å². The van der Waals surface area contributed by atoms with Gasteiger partial charge in [0.1, 0.15) is 23.9 Å². The lowest BCUT2D eigenvalue weighted by Gasteiger charge is -2.32. The lowest BCUT2D eigenvalue weighted by atomic mass is 10.1. The Hall–Kier alpha value is -2.31. The molecule has 0 atom stereocenters. The number of nitrogens with one attached hydrogen (secondary N) is 1. The number of hydrogen-bond donors (Lipinski definition) is 2. The van der Waals surface area contributed by atoms with Crippen LogP contribution in [0.5, 0.6) is 0 Å². The summed E-state index contributed by atoms with van der Waals surface area (Å²) < 4.78 is 5.02. The van der Waals surface area contributed by atoms with Gasteiger partial charge in [-0.2, -0.15) is 0 Å². The molecular formula is C12H15N5O2. The zero-order valence-electron chi connectivity index (χ0n) is 10.4. The van der Waals surface area contributed by atoms with Crippen molar-refractivity contribution in [2.75, 3.05) is 18.0 Å². The van der Waals surface area contributed by atoms with E-state index in [0.29, 0.717) is 0 Å². The van der Waals surface area contributed by atoms with Crippen LogP contribution in [0.4, 0.5) is 10.6 Å². The van der Waals surface area contributed by atoms with Gasteiger partial charge in [-0.1, -0.05) is 0 Å². The Labute approximate surface area is 109 Å². The standard InChI is InChI=1S/C12H15N5O2/c13-12(18)19-8-2-5-17(6-3-8)11-9-1-4-14-10(9)15-7-16-11/h1,4,7-8H,2-3,5-6H2,(H2,13,18)(H,14,15,16). The fraction of sp³-hybridized carbons (Fsp3) is 0.417. The van der Waals surface area contributed by atoms with E-state index in [1.807, 2.05) is 12.3 Å². The average molecular weight is 261 g/mol. The minimum atomic E-state index is -0.700. The summed E-state index contributed by atoms with van der Waals surface area (Å²) in [5.74, 6) is 0.920. The van der Waals surface area contributed by atoms with Gasteiger partial charge in [0.15, 0.2) is 0 Å². The predicted octanol–water partition coefficient (Wildman–Crippen LogP) is 1.02. The molecule has 0 unspecified atom stereocenters. The van der Waals surface area contributed by atoms with Gasteiger partial charge in [0, 0.05) is 32.1 Å². The smallest absolute Gasteiger partial charge is 0.404 e. The molecule has 0 saturated carbocycles. The van der Waals surface area contributed by atoms with Crippen molar-refractivity contribution in [1.82, 2.24) is 15.0 Å². The summed E-state index contributed by atoms with van der Waals surface area (Å²) in [5.41, 5.74) is 5.86. The average Bonchev–Trinajstić information content (AvgIpc) is 2.87. The van der Waals surface area contributed by atoms with Gasteiger partial charge < -0.3 is 20.4 Å². The maximum Gasteiger partial charge on any atom is 0.404 e. The number of anilines is 1. The molecule has 2 aromatic heterocycles. The number of aromatic amines is 1. The first-order valence-electron chi connectivity index (χ1n) is 6.23. The molecule has 0 bridgehead atoms. The number of fused-ring (bicyclic) bond motifs is 1. The molecule has 3 rings (SSSR count). The molecule has 100 valence electrons. The zero-order chi connectivity index (χ0) is 13.2. The monoisotopic (exact) mass is 261 g/mol. The lowest BCUT2D eigenvalue weighted by molar-refractivity contribution is 0.0912. The molecule has 7 heteroatoms. The van der Waals surface area contributed by atoms with Crippen LogP contribution in [0.15, 0.2) is 18.6 Å². The van der Waals surface area contributed by atoms with Crippen molar-refractivity contribution in [3.63, 3.8) is 0 Å². The van der Waals surface area contributed by atoms with Crippen molar-refractivity contribution in [3.05, 3.63) is 18.6 Å². The number of piperidine rings is 1.